The first-order chi connectivity index (χ1) is 7.90. The molecule has 0 saturated heterocycles. The molecule has 0 fully saturated rings. The third kappa shape index (κ3) is 2.60. The summed E-state index contributed by atoms with van der Waals surface area (Å²) in [6.07, 6.45) is 8.80. The maximum Gasteiger partial charge on any atom is 0.163 e. The number of aromatic nitrogens is 1. The lowest BCUT2D eigenvalue weighted by molar-refractivity contribution is 0.863. The standard InChI is InChI=1S/C13H15N3/c14-10-13-12(6-3-8-15-13)16-9-7-11-4-1-2-5-11/h3-4,6,8,16H,1-2,5,7,9H2. The summed E-state index contributed by atoms with van der Waals surface area (Å²) in [5.41, 5.74) is 2.85. The summed E-state index contributed by atoms with van der Waals surface area (Å²) in [4.78, 5) is 4.01. The average Bonchev–Trinajstić information content (AvgIpc) is 2.83. The van der Waals surface area contributed by atoms with Crippen molar-refractivity contribution in [2.75, 3.05) is 11.9 Å². The van der Waals surface area contributed by atoms with Crippen LogP contribution in [0, 0.1) is 11.3 Å². The number of nitrogens with one attached hydrogen (secondary N) is 1. The van der Waals surface area contributed by atoms with Crippen LogP contribution in [0.1, 0.15) is 31.4 Å². The highest BCUT2D eigenvalue weighted by Crippen LogP contribution is 2.20. The summed E-state index contributed by atoms with van der Waals surface area (Å²) in [7, 11) is 0. The SMILES string of the molecule is N#Cc1ncccc1NCCC1=CCCC1. The number of nitriles is 1. The highest BCUT2D eigenvalue weighted by atomic mass is 14.9. The van der Waals surface area contributed by atoms with Gasteiger partial charge in [-0.2, -0.15) is 5.26 Å². The Morgan fingerprint density at radius 2 is 2.44 bits per heavy atom. The molecule has 0 aromatic carbocycles. The molecule has 16 heavy (non-hydrogen) atoms. The highest BCUT2D eigenvalue weighted by Gasteiger charge is 2.05. The van der Waals surface area contributed by atoms with Crippen LogP contribution in [0.4, 0.5) is 5.69 Å². The predicted molar refractivity (Wildman–Crippen MR) is 64.0 cm³/mol. The predicted octanol–water partition coefficient (Wildman–Crippen LogP) is 2.87. The maximum atomic E-state index is 8.87. The van der Waals surface area contributed by atoms with Crippen molar-refractivity contribution in [3.63, 3.8) is 0 Å². The monoisotopic (exact) mass is 213 g/mol. The van der Waals surface area contributed by atoms with Crippen molar-refractivity contribution in [2.45, 2.75) is 25.7 Å². The molecule has 1 aliphatic carbocycles. The normalized spacial score (nSPS) is 14.3. The van der Waals surface area contributed by atoms with Crippen molar-refractivity contribution in [3.8, 4) is 6.07 Å². The fourth-order valence-corrected chi connectivity index (χ4v) is 1.96. The Hall–Kier alpha value is -1.82. The zero-order valence-corrected chi connectivity index (χ0v) is 9.24. The fraction of sp³-hybridized carbons (Fsp3) is 0.385. The minimum absolute atomic E-state index is 0.475. The molecule has 0 unspecified atom stereocenters. The molecule has 1 N–H and O–H groups in total. The van der Waals surface area contributed by atoms with Crippen molar-refractivity contribution in [2.24, 2.45) is 0 Å². The highest BCUT2D eigenvalue weighted by molar-refractivity contribution is 5.53. The number of pyridine rings is 1. The van der Waals surface area contributed by atoms with Gasteiger partial charge in [-0.25, -0.2) is 4.98 Å². The fourth-order valence-electron chi connectivity index (χ4n) is 1.96. The Morgan fingerprint density at radius 3 is 3.19 bits per heavy atom. The zero-order valence-electron chi connectivity index (χ0n) is 9.24. The smallest absolute Gasteiger partial charge is 0.163 e. The lowest BCUT2D eigenvalue weighted by Crippen LogP contribution is -2.04. The van der Waals surface area contributed by atoms with Crippen LogP contribution in [0.5, 0.6) is 0 Å². The van der Waals surface area contributed by atoms with E-state index >= 15 is 0 Å². The first-order valence-electron chi connectivity index (χ1n) is 5.67. The van der Waals surface area contributed by atoms with Gasteiger partial charge < -0.3 is 5.32 Å². The van der Waals surface area contributed by atoms with E-state index in [1.54, 1.807) is 6.20 Å². The second-order valence-corrected chi connectivity index (χ2v) is 3.94. The summed E-state index contributed by atoms with van der Waals surface area (Å²) in [6.45, 7) is 0.881. The van der Waals surface area contributed by atoms with Gasteiger partial charge in [-0.1, -0.05) is 11.6 Å². The van der Waals surface area contributed by atoms with Gasteiger partial charge in [-0.3, -0.25) is 0 Å². The molecule has 1 aliphatic rings. The second kappa shape index (κ2) is 5.32. The average molecular weight is 213 g/mol. The quantitative estimate of drug-likeness (QED) is 0.782. The van der Waals surface area contributed by atoms with Crippen molar-refractivity contribution in [3.05, 3.63) is 35.7 Å². The van der Waals surface area contributed by atoms with E-state index in [-0.39, 0.29) is 0 Å². The number of nitrogens with zero attached hydrogens (tertiary/aromatic N) is 2. The lowest BCUT2D eigenvalue weighted by atomic mass is 10.1. The van der Waals surface area contributed by atoms with E-state index in [9.17, 15) is 0 Å². The largest absolute Gasteiger partial charge is 0.382 e. The van der Waals surface area contributed by atoms with E-state index in [1.807, 2.05) is 12.1 Å². The summed E-state index contributed by atoms with van der Waals surface area (Å²) >= 11 is 0. The van der Waals surface area contributed by atoms with E-state index in [2.05, 4.69) is 22.4 Å². The van der Waals surface area contributed by atoms with Crippen molar-refractivity contribution >= 4 is 5.69 Å². The van der Waals surface area contributed by atoms with E-state index in [4.69, 9.17) is 5.26 Å². The van der Waals surface area contributed by atoms with Crippen LogP contribution in [0.25, 0.3) is 0 Å². The first kappa shape index (κ1) is 10.7. The molecule has 0 bridgehead atoms. The molecular weight excluding hydrogens is 198 g/mol. The zero-order chi connectivity index (χ0) is 11.2. The molecule has 0 saturated carbocycles. The topological polar surface area (TPSA) is 48.7 Å². The summed E-state index contributed by atoms with van der Waals surface area (Å²) in [6, 6.07) is 5.83. The van der Waals surface area contributed by atoms with Gasteiger partial charge in [-0.15, -0.1) is 0 Å². The third-order valence-corrected chi connectivity index (χ3v) is 2.81. The van der Waals surface area contributed by atoms with Crippen LogP contribution >= 0.6 is 0 Å². The van der Waals surface area contributed by atoms with Gasteiger partial charge in [0.25, 0.3) is 0 Å². The van der Waals surface area contributed by atoms with Crippen molar-refractivity contribution in [1.82, 2.24) is 4.98 Å². The minimum Gasteiger partial charge on any atom is -0.382 e. The molecule has 0 amide bonds. The maximum absolute atomic E-state index is 8.87. The van der Waals surface area contributed by atoms with Gasteiger partial charge in [0.15, 0.2) is 5.69 Å². The molecular formula is C13H15N3. The Balaban J connectivity index is 1.87. The van der Waals surface area contributed by atoms with Gasteiger partial charge in [0.05, 0.1) is 5.69 Å². The number of hydrogen-bond acceptors (Lipinski definition) is 3. The Bertz CT molecular complexity index is 429. The molecule has 1 aromatic heterocycles. The molecule has 3 heteroatoms. The van der Waals surface area contributed by atoms with Crippen LogP contribution in [-0.4, -0.2) is 11.5 Å². The van der Waals surface area contributed by atoms with Gasteiger partial charge >= 0.3 is 0 Å². The first-order valence-corrected chi connectivity index (χ1v) is 5.67. The van der Waals surface area contributed by atoms with Crippen LogP contribution in [0.2, 0.25) is 0 Å². The molecule has 1 aromatic rings. The summed E-state index contributed by atoms with van der Waals surface area (Å²) < 4.78 is 0. The van der Waals surface area contributed by atoms with Crippen LogP contribution in [0.15, 0.2) is 30.0 Å². The lowest BCUT2D eigenvalue weighted by Gasteiger charge is -2.07. The van der Waals surface area contributed by atoms with Gasteiger partial charge in [-0.05, 0) is 37.8 Å². The molecule has 0 aliphatic heterocycles. The summed E-state index contributed by atoms with van der Waals surface area (Å²) in [5.74, 6) is 0. The van der Waals surface area contributed by atoms with Gasteiger partial charge in [0, 0.05) is 12.7 Å². The molecule has 0 radical (unpaired) electrons. The Morgan fingerprint density at radius 1 is 1.50 bits per heavy atom. The summed E-state index contributed by atoms with van der Waals surface area (Å²) in [5, 5.41) is 12.1. The van der Waals surface area contributed by atoms with Crippen LogP contribution < -0.4 is 5.32 Å². The van der Waals surface area contributed by atoms with Gasteiger partial charge in [0.2, 0.25) is 0 Å². The Kier molecular flexibility index (Phi) is 3.55. The second-order valence-electron chi connectivity index (χ2n) is 3.94. The van der Waals surface area contributed by atoms with Gasteiger partial charge in [0.1, 0.15) is 6.07 Å². The van der Waals surface area contributed by atoms with Crippen LogP contribution in [0.3, 0.4) is 0 Å². The molecule has 0 spiro atoms. The van der Waals surface area contributed by atoms with Crippen molar-refractivity contribution < 1.29 is 0 Å². The molecule has 2 rings (SSSR count). The Labute approximate surface area is 95.8 Å². The molecule has 1 heterocycles. The third-order valence-electron chi connectivity index (χ3n) is 2.81. The van der Waals surface area contributed by atoms with E-state index in [0.717, 1.165) is 18.7 Å². The van der Waals surface area contributed by atoms with E-state index < -0.39 is 0 Å². The number of rotatable bonds is 4. The van der Waals surface area contributed by atoms with Crippen LogP contribution in [-0.2, 0) is 0 Å². The van der Waals surface area contributed by atoms with E-state index in [1.165, 1.54) is 24.8 Å². The number of hydrogen-bond donors (Lipinski definition) is 1. The molecule has 3 nitrogen and oxygen atoms in total. The number of allylic oxidation sites excluding steroid dienone is 1. The molecule has 0 atom stereocenters. The minimum atomic E-state index is 0.475. The molecule has 82 valence electrons. The van der Waals surface area contributed by atoms with Crippen molar-refractivity contribution in [1.29, 1.82) is 5.26 Å². The van der Waals surface area contributed by atoms with E-state index in [0.29, 0.717) is 5.69 Å². The number of anilines is 1.